The number of hydrogen-bond acceptors (Lipinski definition) is 4. The third-order valence-corrected chi connectivity index (χ3v) is 2.30. The summed E-state index contributed by atoms with van der Waals surface area (Å²) >= 11 is 0. The molecule has 0 radical (unpaired) electrons. The molecule has 0 unspecified atom stereocenters. The van der Waals surface area contributed by atoms with E-state index in [0.29, 0.717) is 12.2 Å². The molecule has 102 valence electrons. The van der Waals surface area contributed by atoms with E-state index in [0.717, 1.165) is 0 Å². The van der Waals surface area contributed by atoms with Gasteiger partial charge in [0.25, 0.3) is 0 Å². The molecule has 0 aliphatic carbocycles. The second-order valence-electron chi connectivity index (χ2n) is 3.51. The number of nitrogens with two attached hydrogens (primary N) is 1. The average molecular weight is 278 g/mol. The number of carbonyl (C=O) groups is 1. The molecule has 0 amide bonds. The van der Waals surface area contributed by atoms with Gasteiger partial charge in [-0.2, -0.15) is 0 Å². The molecule has 0 bridgehead atoms. The van der Waals surface area contributed by atoms with Crippen molar-refractivity contribution >= 4 is 18.4 Å². The lowest BCUT2D eigenvalue weighted by Crippen LogP contribution is -2.17. The number of halogens is 2. The number of benzene rings is 1. The molecule has 0 heterocycles. The van der Waals surface area contributed by atoms with Crippen LogP contribution >= 0.6 is 12.4 Å². The van der Waals surface area contributed by atoms with Gasteiger partial charge in [-0.15, -0.1) is 12.4 Å². The zero-order valence-corrected chi connectivity index (χ0v) is 11.1. The molecule has 0 saturated carbocycles. The van der Waals surface area contributed by atoms with Crippen molar-refractivity contribution in [1.82, 2.24) is 0 Å². The van der Waals surface area contributed by atoms with Crippen LogP contribution in [0.4, 0.5) is 4.39 Å². The first-order valence-corrected chi connectivity index (χ1v) is 5.33. The Morgan fingerprint density at radius 1 is 1.50 bits per heavy atom. The molecule has 4 nitrogen and oxygen atoms in total. The number of esters is 1. The largest absolute Gasteiger partial charge is 0.494 e. The molecule has 1 aromatic rings. The predicted molar refractivity (Wildman–Crippen MR) is 68.4 cm³/mol. The summed E-state index contributed by atoms with van der Waals surface area (Å²) < 4.78 is 22.8. The van der Waals surface area contributed by atoms with Crippen molar-refractivity contribution in [2.45, 2.75) is 19.4 Å². The maximum absolute atomic E-state index is 13.2. The molecule has 1 atom stereocenters. The lowest BCUT2D eigenvalue weighted by Gasteiger charge is -2.12. The minimum absolute atomic E-state index is 0. The fraction of sp³-hybridized carbons (Fsp3) is 0.417. The summed E-state index contributed by atoms with van der Waals surface area (Å²) in [7, 11) is 1.37. The summed E-state index contributed by atoms with van der Waals surface area (Å²) in [5, 5.41) is 0. The van der Waals surface area contributed by atoms with E-state index in [1.54, 1.807) is 6.92 Å². The van der Waals surface area contributed by atoms with Gasteiger partial charge in [0.15, 0.2) is 11.6 Å². The van der Waals surface area contributed by atoms with Crippen molar-refractivity contribution in [3.05, 3.63) is 29.6 Å². The third kappa shape index (κ3) is 4.50. The molecule has 0 aliphatic rings. The van der Waals surface area contributed by atoms with Crippen molar-refractivity contribution in [1.29, 1.82) is 0 Å². The van der Waals surface area contributed by atoms with Crippen molar-refractivity contribution in [2.75, 3.05) is 13.7 Å². The van der Waals surface area contributed by atoms with E-state index in [2.05, 4.69) is 0 Å². The van der Waals surface area contributed by atoms with E-state index in [4.69, 9.17) is 15.2 Å². The molecule has 18 heavy (non-hydrogen) atoms. The SMILES string of the molecule is CCOC(=O)C[C@@H](N)c1ccc(F)c(OC)c1.Cl. The first-order chi connectivity index (χ1) is 8.08. The Kier molecular flexibility index (Phi) is 7.31. The lowest BCUT2D eigenvalue weighted by molar-refractivity contribution is -0.143. The fourth-order valence-electron chi connectivity index (χ4n) is 1.42. The van der Waals surface area contributed by atoms with Gasteiger partial charge in [-0.05, 0) is 24.6 Å². The van der Waals surface area contributed by atoms with Crippen LogP contribution in [0, 0.1) is 5.82 Å². The number of carbonyl (C=O) groups excluding carboxylic acids is 1. The summed E-state index contributed by atoms with van der Waals surface area (Å²) in [4.78, 5) is 11.2. The molecule has 0 aliphatic heterocycles. The van der Waals surface area contributed by atoms with E-state index >= 15 is 0 Å². The van der Waals surface area contributed by atoms with E-state index < -0.39 is 11.9 Å². The monoisotopic (exact) mass is 277 g/mol. The maximum atomic E-state index is 13.2. The van der Waals surface area contributed by atoms with E-state index in [-0.39, 0.29) is 30.5 Å². The van der Waals surface area contributed by atoms with Crippen molar-refractivity contribution < 1.29 is 18.7 Å². The highest BCUT2D eigenvalue weighted by Crippen LogP contribution is 2.23. The van der Waals surface area contributed by atoms with Gasteiger partial charge in [-0.25, -0.2) is 4.39 Å². The van der Waals surface area contributed by atoms with Crippen LogP contribution in [-0.2, 0) is 9.53 Å². The molecule has 0 spiro atoms. The smallest absolute Gasteiger partial charge is 0.307 e. The summed E-state index contributed by atoms with van der Waals surface area (Å²) in [5.74, 6) is -0.718. The number of ether oxygens (including phenoxy) is 2. The summed E-state index contributed by atoms with van der Waals surface area (Å²) in [5.41, 5.74) is 6.46. The Labute approximate surface area is 112 Å². The van der Waals surface area contributed by atoms with Crippen LogP contribution in [0.1, 0.15) is 24.9 Å². The Morgan fingerprint density at radius 3 is 2.72 bits per heavy atom. The van der Waals surface area contributed by atoms with Crippen molar-refractivity contribution in [3.8, 4) is 5.75 Å². The van der Waals surface area contributed by atoms with Crippen LogP contribution < -0.4 is 10.5 Å². The summed E-state index contributed by atoms with van der Waals surface area (Å²) in [6, 6.07) is 3.75. The van der Waals surface area contributed by atoms with Crippen LogP contribution in [0.3, 0.4) is 0 Å². The molecule has 1 aromatic carbocycles. The van der Waals surface area contributed by atoms with Gasteiger partial charge in [-0.1, -0.05) is 6.07 Å². The molecule has 0 aromatic heterocycles. The fourth-order valence-corrected chi connectivity index (χ4v) is 1.42. The zero-order chi connectivity index (χ0) is 12.8. The Hall–Kier alpha value is -1.33. The Balaban J connectivity index is 0.00000289. The first-order valence-electron chi connectivity index (χ1n) is 5.33. The molecule has 6 heteroatoms. The van der Waals surface area contributed by atoms with Crippen LogP contribution in [0.2, 0.25) is 0 Å². The molecule has 2 N–H and O–H groups in total. The van der Waals surface area contributed by atoms with Crippen LogP contribution in [0.15, 0.2) is 18.2 Å². The summed E-state index contributed by atoms with van der Waals surface area (Å²) in [6.07, 6.45) is 0.0582. The summed E-state index contributed by atoms with van der Waals surface area (Å²) in [6.45, 7) is 2.04. The van der Waals surface area contributed by atoms with Gasteiger partial charge in [0.05, 0.1) is 20.1 Å². The van der Waals surface area contributed by atoms with Gasteiger partial charge < -0.3 is 15.2 Å². The first kappa shape index (κ1) is 16.7. The molecule has 0 saturated heterocycles. The van der Waals surface area contributed by atoms with E-state index in [1.807, 2.05) is 0 Å². The third-order valence-electron chi connectivity index (χ3n) is 2.30. The normalized spacial score (nSPS) is 11.3. The van der Waals surface area contributed by atoms with Gasteiger partial charge in [-0.3, -0.25) is 4.79 Å². The maximum Gasteiger partial charge on any atom is 0.307 e. The molecule has 1 rings (SSSR count). The zero-order valence-electron chi connectivity index (χ0n) is 10.3. The Morgan fingerprint density at radius 2 is 2.17 bits per heavy atom. The highest BCUT2D eigenvalue weighted by Gasteiger charge is 2.14. The number of hydrogen-bond donors (Lipinski definition) is 1. The molecular formula is C12H17ClFNO3. The topological polar surface area (TPSA) is 61.5 Å². The van der Waals surface area contributed by atoms with Gasteiger partial charge in [0.2, 0.25) is 0 Å². The second kappa shape index (κ2) is 7.89. The number of rotatable bonds is 5. The van der Waals surface area contributed by atoms with Gasteiger partial charge in [0, 0.05) is 6.04 Å². The highest BCUT2D eigenvalue weighted by molar-refractivity contribution is 5.85. The lowest BCUT2D eigenvalue weighted by atomic mass is 10.0. The molecular weight excluding hydrogens is 261 g/mol. The Bertz CT molecular complexity index is 401. The standard InChI is InChI=1S/C12H16FNO3.ClH/c1-3-17-12(15)7-10(14)8-4-5-9(13)11(6-8)16-2;/h4-6,10H,3,7,14H2,1-2H3;1H/t10-;/m1./s1. The van der Waals surface area contributed by atoms with E-state index in [1.165, 1.54) is 25.3 Å². The van der Waals surface area contributed by atoms with Gasteiger partial charge in [0.1, 0.15) is 0 Å². The highest BCUT2D eigenvalue weighted by atomic mass is 35.5. The van der Waals surface area contributed by atoms with Gasteiger partial charge >= 0.3 is 5.97 Å². The minimum Gasteiger partial charge on any atom is -0.494 e. The predicted octanol–water partition coefficient (Wildman–Crippen LogP) is 2.21. The van der Waals surface area contributed by atoms with Crippen LogP contribution in [-0.4, -0.2) is 19.7 Å². The minimum atomic E-state index is -0.524. The van der Waals surface area contributed by atoms with Crippen LogP contribution in [0.5, 0.6) is 5.75 Å². The average Bonchev–Trinajstić information content (AvgIpc) is 2.29. The van der Waals surface area contributed by atoms with Crippen LogP contribution in [0.25, 0.3) is 0 Å². The van der Waals surface area contributed by atoms with Crippen molar-refractivity contribution in [3.63, 3.8) is 0 Å². The quantitative estimate of drug-likeness (QED) is 0.838. The molecule has 0 fully saturated rings. The van der Waals surface area contributed by atoms with E-state index in [9.17, 15) is 9.18 Å². The number of methoxy groups -OCH3 is 1. The van der Waals surface area contributed by atoms with Crippen molar-refractivity contribution in [2.24, 2.45) is 5.73 Å². The second-order valence-corrected chi connectivity index (χ2v) is 3.51.